The minimum absolute atomic E-state index is 0.0576. The Morgan fingerprint density at radius 3 is 2.81 bits per heavy atom. The lowest BCUT2D eigenvalue weighted by Gasteiger charge is -2.04. The van der Waals surface area contributed by atoms with Crippen LogP contribution in [-0.4, -0.2) is 11.1 Å². The zero-order valence-electron chi connectivity index (χ0n) is 8.42. The van der Waals surface area contributed by atoms with E-state index in [-0.39, 0.29) is 17.9 Å². The number of benzene rings is 1. The molecule has 2 rings (SSSR count). The fraction of sp³-hybridized carbons (Fsp3) is 0.0833. The Morgan fingerprint density at radius 2 is 2.12 bits per heavy atom. The molecule has 0 saturated heterocycles. The Bertz CT molecular complexity index is 477. The molecule has 2 aromatic rings. The summed E-state index contributed by atoms with van der Waals surface area (Å²) in [4.78, 5) is 11.6. The van der Waals surface area contributed by atoms with Gasteiger partial charge in [-0.05, 0) is 29.0 Å². The molecule has 1 heterocycles. The number of aromatic hydroxyl groups is 1. The first-order valence-corrected chi connectivity index (χ1v) is 5.68. The highest BCUT2D eigenvalue weighted by atomic mass is 32.1. The number of hydrogen-bond donors (Lipinski definition) is 1. The first-order valence-electron chi connectivity index (χ1n) is 4.73. The lowest BCUT2D eigenvalue weighted by atomic mass is 10.2. The molecule has 0 spiro atoms. The molecule has 0 amide bonds. The maximum atomic E-state index is 11.6. The summed E-state index contributed by atoms with van der Waals surface area (Å²) in [6, 6.07) is 8.22. The summed E-state index contributed by atoms with van der Waals surface area (Å²) in [6.45, 7) is 0.233. The Balaban J connectivity index is 2.01. The molecule has 4 heteroatoms. The van der Waals surface area contributed by atoms with Crippen molar-refractivity contribution >= 4 is 17.3 Å². The third-order valence-corrected chi connectivity index (χ3v) is 2.81. The predicted molar refractivity (Wildman–Crippen MR) is 61.5 cm³/mol. The van der Waals surface area contributed by atoms with Crippen molar-refractivity contribution in [1.29, 1.82) is 0 Å². The van der Waals surface area contributed by atoms with Crippen LogP contribution in [-0.2, 0) is 11.3 Å². The van der Waals surface area contributed by atoms with E-state index >= 15 is 0 Å². The minimum Gasteiger partial charge on any atom is -0.507 e. The number of thiophene rings is 1. The molecule has 0 unspecified atom stereocenters. The van der Waals surface area contributed by atoms with Gasteiger partial charge in [0.2, 0.25) is 0 Å². The average Bonchev–Trinajstić information content (AvgIpc) is 2.79. The summed E-state index contributed by atoms with van der Waals surface area (Å²) in [5.41, 5.74) is 1.14. The largest absolute Gasteiger partial charge is 0.507 e. The van der Waals surface area contributed by atoms with Crippen LogP contribution < -0.4 is 0 Å². The molecular formula is C12H10O3S. The predicted octanol–water partition coefficient (Wildman–Crippen LogP) is 2.81. The second-order valence-electron chi connectivity index (χ2n) is 3.22. The molecule has 16 heavy (non-hydrogen) atoms. The Hall–Kier alpha value is -1.81. The van der Waals surface area contributed by atoms with Crippen molar-refractivity contribution in [2.24, 2.45) is 0 Å². The van der Waals surface area contributed by atoms with E-state index in [0.717, 1.165) is 5.56 Å². The van der Waals surface area contributed by atoms with E-state index in [4.69, 9.17) is 4.74 Å². The van der Waals surface area contributed by atoms with Crippen LogP contribution in [0.25, 0.3) is 0 Å². The first-order chi connectivity index (χ1) is 7.77. The van der Waals surface area contributed by atoms with Crippen LogP contribution in [0, 0.1) is 0 Å². The van der Waals surface area contributed by atoms with Gasteiger partial charge in [-0.15, -0.1) is 0 Å². The van der Waals surface area contributed by atoms with Crippen LogP contribution in [0.2, 0.25) is 0 Å². The highest BCUT2D eigenvalue weighted by molar-refractivity contribution is 7.07. The summed E-state index contributed by atoms with van der Waals surface area (Å²) in [5.74, 6) is -0.567. The maximum Gasteiger partial charge on any atom is 0.342 e. The van der Waals surface area contributed by atoms with Gasteiger partial charge in [0.05, 0.1) is 0 Å². The van der Waals surface area contributed by atoms with Crippen molar-refractivity contribution in [2.45, 2.75) is 6.61 Å². The third kappa shape index (κ3) is 2.41. The standard InChI is InChI=1S/C12H10O3S/c13-11-4-2-1-3-10(11)12(14)15-7-9-5-6-16-8-9/h1-6,8,13H,7H2. The zero-order chi connectivity index (χ0) is 11.4. The van der Waals surface area contributed by atoms with E-state index in [2.05, 4.69) is 0 Å². The van der Waals surface area contributed by atoms with Crippen LogP contribution in [0.4, 0.5) is 0 Å². The number of ether oxygens (including phenoxy) is 1. The van der Waals surface area contributed by atoms with Crippen molar-refractivity contribution in [3.05, 3.63) is 52.2 Å². The Morgan fingerprint density at radius 1 is 1.31 bits per heavy atom. The summed E-state index contributed by atoms with van der Waals surface area (Å²) in [7, 11) is 0. The molecule has 0 aliphatic rings. The molecule has 82 valence electrons. The third-order valence-electron chi connectivity index (χ3n) is 2.07. The Labute approximate surface area is 96.9 Å². The van der Waals surface area contributed by atoms with Gasteiger partial charge in [0.25, 0.3) is 0 Å². The highest BCUT2D eigenvalue weighted by Gasteiger charge is 2.11. The first kappa shape index (κ1) is 10.7. The second kappa shape index (κ2) is 4.81. The molecular weight excluding hydrogens is 224 g/mol. The van der Waals surface area contributed by atoms with E-state index in [0.29, 0.717) is 0 Å². The van der Waals surface area contributed by atoms with Crippen molar-refractivity contribution in [3.8, 4) is 5.75 Å². The molecule has 1 N–H and O–H groups in total. The van der Waals surface area contributed by atoms with Crippen LogP contribution >= 0.6 is 11.3 Å². The zero-order valence-corrected chi connectivity index (χ0v) is 9.24. The molecule has 1 aromatic carbocycles. The van der Waals surface area contributed by atoms with Crippen molar-refractivity contribution < 1.29 is 14.6 Å². The number of carbonyl (C=O) groups is 1. The van der Waals surface area contributed by atoms with Gasteiger partial charge in [-0.25, -0.2) is 4.79 Å². The van der Waals surface area contributed by atoms with Crippen molar-refractivity contribution in [3.63, 3.8) is 0 Å². The normalized spacial score (nSPS) is 10.0. The molecule has 0 aliphatic carbocycles. The Kier molecular flexibility index (Phi) is 3.22. The maximum absolute atomic E-state index is 11.6. The van der Waals surface area contributed by atoms with E-state index in [9.17, 15) is 9.90 Å². The number of phenols is 1. The van der Waals surface area contributed by atoms with Gasteiger partial charge in [0.1, 0.15) is 17.9 Å². The van der Waals surface area contributed by atoms with Gasteiger partial charge in [-0.3, -0.25) is 0 Å². The number of rotatable bonds is 3. The molecule has 0 aliphatic heterocycles. The number of esters is 1. The second-order valence-corrected chi connectivity index (χ2v) is 4.00. The lowest BCUT2D eigenvalue weighted by Crippen LogP contribution is -2.04. The van der Waals surface area contributed by atoms with Gasteiger partial charge in [-0.2, -0.15) is 11.3 Å². The SMILES string of the molecule is O=C(OCc1ccsc1)c1ccccc1O. The quantitative estimate of drug-likeness (QED) is 0.831. The van der Waals surface area contributed by atoms with Crippen LogP contribution in [0.3, 0.4) is 0 Å². The smallest absolute Gasteiger partial charge is 0.342 e. The van der Waals surface area contributed by atoms with Gasteiger partial charge in [0.15, 0.2) is 0 Å². The number of hydrogen-bond acceptors (Lipinski definition) is 4. The van der Waals surface area contributed by atoms with E-state index in [1.807, 2.05) is 16.8 Å². The molecule has 0 fully saturated rings. The summed E-state index contributed by atoms with van der Waals surface area (Å²) >= 11 is 1.55. The summed E-state index contributed by atoms with van der Waals surface area (Å²) in [6.07, 6.45) is 0. The monoisotopic (exact) mass is 234 g/mol. The molecule has 1 aromatic heterocycles. The van der Waals surface area contributed by atoms with Gasteiger partial charge in [0, 0.05) is 5.56 Å². The van der Waals surface area contributed by atoms with Crippen LogP contribution in [0.5, 0.6) is 5.75 Å². The van der Waals surface area contributed by atoms with Crippen LogP contribution in [0.15, 0.2) is 41.1 Å². The molecule has 0 saturated carbocycles. The van der Waals surface area contributed by atoms with Gasteiger partial charge >= 0.3 is 5.97 Å². The fourth-order valence-electron chi connectivity index (χ4n) is 1.25. The lowest BCUT2D eigenvalue weighted by molar-refractivity contribution is 0.0470. The highest BCUT2D eigenvalue weighted by Crippen LogP contribution is 2.17. The number of carbonyl (C=O) groups excluding carboxylic acids is 1. The van der Waals surface area contributed by atoms with Gasteiger partial charge < -0.3 is 9.84 Å². The molecule has 0 bridgehead atoms. The number of para-hydroxylation sites is 1. The van der Waals surface area contributed by atoms with Crippen molar-refractivity contribution in [1.82, 2.24) is 0 Å². The molecule has 3 nitrogen and oxygen atoms in total. The van der Waals surface area contributed by atoms with E-state index < -0.39 is 5.97 Å². The van der Waals surface area contributed by atoms with Gasteiger partial charge in [-0.1, -0.05) is 12.1 Å². The minimum atomic E-state index is -0.510. The average molecular weight is 234 g/mol. The topological polar surface area (TPSA) is 46.5 Å². The van der Waals surface area contributed by atoms with E-state index in [1.165, 1.54) is 12.1 Å². The summed E-state index contributed by atoms with van der Waals surface area (Å²) in [5, 5.41) is 13.3. The molecule has 0 atom stereocenters. The fourth-order valence-corrected chi connectivity index (χ4v) is 1.90. The van der Waals surface area contributed by atoms with E-state index in [1.54, 1.807) is 23.5 Å². The van der Waals surface area contributed by atoms with Crippen molar-refractivity contribution in [2.75, 3.05) is 0 Å². The summed E-state index contributed by atoms with van der Waals surface area (Å²) < 4.78 is 5.06. The molecule has 0 radical (unpaired) electrons. The number of phenolic OH excluding ortho intramolecular Hbond substituents is 1. The van der Waals surface area contributed by atoms with Crippen LogP contribution in [0.1, 0.15) is 15.9 Å².